The van der Waals surface area contributed by atoms with Gasteiger partial charge in [0.1, 0.15) is 11.6 Å². The third-order valence-corrected chi connectivity index (χ3v) is 2.69. The van der Waals surface area contributed by atoms with Gasteiger partial charge in [-0.05, 0) is 24.6 Å². The molecule has 0 aliphatic rings. The van der Waals surface area contributed by atoms with Crippen LogP contribution in [-0.2, 0) is 6.42 Å². The van der Waals surface area contributed by atoms with Crippen LogP contribution in [0.3, 0.4) is 0 Å². The topological polar surface area (TPSA) is 17.1 Å². The third kappa shape index (κ3) is 2.62. The fraction of sp³-hybridized carbons (Fsp3) is 0.133. The Bertz CT molecular complexity index is 571. The van der Waals surface area contributed by atoms with E-state index in [0.29, 0.717) is 0 Å². The summed E-state index contributed by atoms with van der Waals surface area (Å²) in [5.74, 6) is -2.17. The highest BCUT2D eigenvalue weighted by molar-refractivity contribution is 5.98. The van der Waals surface area contributed by atoms with Crippen LogP contribution in [-0.4, -0.2) is 5.78 Å². The van der Waals surface area contributed by atoms with E-state index in [2.05, 4.69) is 0 Å². The SMILES string of the molecule is Cc1cccc(CC(=O)c2c(F)cccc2F)c1. The van der Waals surface area contributed by atoms with E-state index in [1.54, 1.807) is 6.07 Å². The molecule has 0 unspecified atom stereocenters. The molecule has 0 atom stereocenters. The number of carbonyl (C=O) groups is 1. The smallest absolute Gasteiger partial charge is 0.173 e. The van der Waals surface area contributed by atoms with Crippen LogP contribution in [0.1, 0.15) is 21.5 Å². The van der Waals surface area contributed by atoms with Gasteiger partial charge in [-0.2, -0.15) is 0 Å². The van der Waals surface area contributed by atoms with Crippen molar-refractivity contribution in [3.63, 3.8) is 0 Å². The van der Waals surface area contributed by atoms with Crippen LogP contribution in [0.15, 0.2) is 42.5 Å². The molecule has 3 heteroatoms. The summed E-state index contributed by atoms with van der Waals surface area (Å²) in [5, 5.41) is 0. The molecule has 0 heterocycles. The Kier molecular flexibility index (Phi) is 3.51. The maximum absolute atomic E-state index is 13.4. The lowest BCUT2D eigenvalue weighted by Gasteiger charge is -2.05. The van der Waals surface area contributed by atoms with Crippen molar-refractivity contribution in [1.29, 1.82) is 0 Å². The predicted octanol–water partition coefficient (Wildman–Crippen LogP) is 3.70. The van der Waals surface area contributed by atoms with Gasteiger partial charge in [-0.25, -0.2) is 8.78 Å². The van der Waals surface area contributed by atoms with Gasteiger partial charge in [0.05, 0.1) is 5.56 Å². The van der Waals surface area contributed by atoms with E-state index in [1.807, 2.05) is 25.1 Å². The molecule has 0 amide bonds. The summed E-state index contributed by atoms with van der Waals surface area (Å²) in [6, 6.07) is 10.7. The Hall–Kier alpha value is -2.03. The molecule has 0 spiro atoms. The van der Waals surface area contributed by atoms with Gasteiger partial charge >= 0.3 is 0 Å². The van der Waals surface area contributed by atoms with E-state index in [0.717, 1.165) is 23.3 Å². The maximum Gasteiger partial charge on any atom is 0.173 e. The highest BCUT2D eigenvalue weighted by atomic mass is 19.1. The number of carbonyl (C=O) groups excluding carboxylic acids is 1. The number of hydrogen-bond donors (Lipinski definition) is 0. The molecule has 0 aliphatic carbocycles. The molecule has 2 rings (SSSR count). The molecule has 2 aromatic carbocycles. The first kappa shape index (κ1) is 12.4. The van der Waals surface area contributed by atoms with Gasteiger partial charge in [0.15, 0.2) is 5.78 Å². The number of hydrogen-bond acceptors (Lipinski definition) is 1. The summed E-state index contributed by atoms with van der Waals surface area (Å²) in [6.07, 6.45) is -0.000463. The molecule has 18 heavy (non-hydrogen) atoms. The molecule has 0 N–H and O–H groups in total. The van der Waals surface area contributed by atoms with Crippen LogP contribution in [0.4, 0.5) is 8.78 Å². The van der Waals surface area contributed by atoms with Crippen LogP contribution >= 0.6 is 0 Å². The normalized spacial score (nSPS) is 10.4. The Morgan fingerprint density at radius 1 is 1.06 bits per heavy atom. The standard InChI is InChI=1S/C15H12F2O/c1-10-4-2-5-11(8-10)9-14(18)15-12(16)6-3-7-13(15)17/h2-8H,9H2,1H3. The summed E-state index contributed by atoms with van der Waals surface area (Å²) < 4.78 is 26.8. The third-order valence-electron chi connectivity index (χ3n) is 2.69. The van der Waals surface area contributed by atoms with Crippen molar-refractivity contribution in [2.24, 2.45) is 0 Å². The molecule has 0 saturated carbocycles. The zero-order valence-corrected chi connectivity index (χ0v) is 9.91. The molecule has 2 aromatic rings. The molecule has 0 aliphatic heterocycles. The fourth-order valence-electron chi connectivity index (χ4n) is 1.86. The van der Waals surface area contributed by atoms with E-state index < -0.39 is 23.0 Å². The molecule has 0 radical (unpaired) electrons. The zero-order valence-electron chi connectivity index (χ0n) is 9.91. The number of Topliss-reactive ketones (excluding diaryl/α,β-unsaturated/α-hetero) is 1. The van der Waals surface area contributed by atoms with E-state index in [9.17, 15) is 13.6 Å². The van der Waals surface area contributed by atoms with Gasteiger partial charge in [-0.1, -0.05) is 35.9 Å². The Labute approximate surface area is 104 Å². The largest absolute Gasteiger partial charge is 0.294 e. The van der Waals surface area contributed by atoms with Crippen molar-refractivity contribution in [2.45, 2.75) is 13.3 Å². The maximum atomic E-state index is 13.4. The number of halogens is 2. The lowest BCUT2D eigenvalue weighted by atomic mass is 10.0. The van der Waals surface area contributed by atoms with Crippen molar-refractivity contribution < 1.29 is 13.6 Å². The van der Waals surface area contributed by atoms with Crippen LogP contribution < -0.4 is 0 Å². The van der Waals surface area contributed by atoms with Crippen LogP contribution in [0.25, 0.3) is 0 Å². The first-order valence-corrected chi connectivity index (χ1v) is 5.60. The fourth-order valence-corrected chi connectivity index (χ4v) is 1.86. The Morgan fingerprint density at radius 3 is 2.28 bits per heavy atom. The van der Waals surface area contributed by atoms with Gasteiger partial charge in [-0.15, -0.1) is 0 Å². The van der Waals surface area contributed by atoms with Gasteiger partial charge in [0.2, 0.25) is 0 Å². The quantitative estimate of drug-likeness (QED) is 0.755. The van der Waals surface area contributed by atoms with Gasteiger partial charge in [0.25, 0.3) is 0 Å². The molecular weight excluding hydrogens is 234 g/mol. The van der Waals surface area contributed by atoms with Crippen molar-refractivity contribution in [3.05, 3.63) is 70.8 Å². The molecule has 0 saturated heterocycles. The monoisotopic (exact) mass is 246 g/mol. The van der Waals surface area contributed by atoms with Gasteiger partial charge in [0, 0.05) is 6.42 Å². The van der Waals surface area contributed by atoms with E-state index in [1.165, 1.54) is 6.07 Å². The van der Waals surface area contributed by atoms with Crippen LogP contribution in [0, 0.1) is 18.6 Å². The van der Waals surface area contributed by atoms with Crippen LogP contribution in [0.5, 0.6) is 0 Å². The average Bonchev–Trinajstić information content (AvgIpc) is 2.28. The van der Waals surface area contributed by atoms with Gasteiger partial charge < -0.3 is 0 Å². The molecule has 0 bridgehead atoms. The lowest BCUT2D eigenvalue weighted by Crippen LogP contribution is -2.09. The minimum absolute atomic E-state index is 0.000463. The number of aryl methyl sites for hydroxylation is 1. The van der Waals surface area contributed by atoms with Crippen molar-refractivity contribution >= 4 is 5.78 Å². The summed E-state index contributed by atoms with van der Waals surface area (Å²) in [6.45, 7) is 1.90. The molecule has 92 valence electrons. The summed E-state index contributed by atoms with van der Waals surface area (Å²) in [5.41, 5.74) is 1.30. The number of benzene rings is 2. The predicted molar refractivity (Wildman–Crippen MR) is 65.6 cm³/mol. The Balaban J connectivity index is 2.28. The molecule has 0 fully saturated rings. The second-order valence-corrected chi connectivity index (χ2v) is 4.19. The molecule has 0 aromatic heterocycles. The van der Waals surface area contributed by atoms with Crippen molar-refractivity contribution in [1.82, 2.24) is 0 Å². The van der Waals surface area contributed by atoms with Gasteiger partial charge in [-0.3, -0.25) is 4.79 Å². The minimum atomic E-state index is -0.812. The summed E-state index contributed by atoms with van der Waals surface area (Å²) in [4.78, 5) is 11.9. The minimum Gasteiger partial charge on any atom is -0.294 e. The van der Waals surface area contributed by atoms with Crippen LogP contribution in [0.2, 0.25) is 0 Å². The number of rotatable bonds is 3. The lowest BCUT2D eigenvalue weighted by molar-refractivity contribution is 0.0985. The highest BCUT2D eigenvalue weighted by Crippen LogP contribution is 2.15. The second-order valence-electron chi connectivity index (χ2n) is 4.19. The first-order chi connectivity index (χ1) is 8.58. The van der Waals surface area contributed by atoms with Crippen molar-refractivity contribution in [3.8, 4) is 0 Å². The number of ketones is 1. The average molecular weight is 246 g/mol. The summed E-state index contributed by atoms with van der Waals surface area (Å²) >= 11 is 0. The molecule has 1 nitrogen and oxygen atoms in total. The van der Waals surface area contributed by atoms with E-state index in [4.69, 9.17) is 0 Å². The highest BCUT2D eigenvalue weighted by Gasteiger charge is 2.17. The first-order valence-electron chi connectivity index (χ1n) is 5.60. The summed E-state index contributed by atoms with van der Waals surface area (Å²) in [7, 11) is 0. The Morgan fingerprint density at radius 2 is 1.67 bits per heavy atom. The van der Waals surface area contributed by atoms with E-state index in [-0.39, 0.29) is 6.42 Å². The van der Waals surface area contributed by atoms with Crippen molar-refractivity contribution in [2.75, 3.05) is 0 Å². The second kappa shape index (κ2) is 5.08. The van der Waals surface area contributed by atoms with E-state index >= 15 is 0 Å². The molecular formula is C15H12F2O. The zero-order chi connectivity index (χ0) is 13.1.